The molecule has 0 radical (unpaired) electrons. The second-order valence-corrected chi connectivity index (χ2v) is 4.20. The van der Waals surface area contributed by atoms with Gasteiger partial charge in [0, 0.05) is 0 Å². The van der Waals surface area contributed by atoms with Gasteiger partial charge in [0.15, 0.2) is 0 Å². The number of hydrogen-bond acceptors (Lipinski definition) is 4. The minimum Gasteiger partial charge on any atom is -0.884 e. The van der Waals surface area contributed by atoms with Crippen molar-refractivity contribution in [2.75, 3.05) is 0 Å². The number of halogens is 2. The van der Waals surface area contributed by atoms with E-state index in [2.05, 4.69) is 4.85 Å². The molecule has 0 aromatic heterocycles. The second-order valence-electron chi connectivity index (χ2n) is 2.30. The van der Waals surface area contributed by atoms with E-state index in [0.29, 0.717) is 6.92 Å². The normalized spacial score (nSPS) is 14.0. The molecule has 0 aliphatic carbocycles. The molecule has 0 aliphatic heterocycles. The van der Waals surface area contributed by atoms with Crippen LogP contribution in [0.5, 0.6) is 0 Å². The summed E-state index contributed by atoms with van der Waals surface area (Å²) in [7, 11) is -5.77. The Morgan fingerprint density at radius 3 is 2.13 bits per heavy atom. The van der Waals surface area contributed by atoms with Crippen LogP contribution < -0.4 is 5.11 Å². The van der Waals surface area contributed by atoms with Crippen molar-refractivity contribution < 1.29 is 32.2 Å². The van der Waals surface area contributed by atoms with Gasteiger partial charge in [0.1, 0.15) is 0 Å². The molecule has 0 bridgehead atoms. The highest BCUT2D eigenvalue weighted by molar-refractivity contribution is 7.97. The molecule has 1 N–H and O–H groups in total. The quantitative estimate of drug-likeness (QED) is 0.532. The first-order valence-corrected chi connectivity index (χ1v) is 4.68. The Balaban J connectivity index is 5.89. The van der Waals surface area contributed by atoms with Gasteiger partial charge in [-0.2, -0.15) is 8.78 Å². The van der Waals surface area contributed by atoms with E-state index < -0.39 is 31.8 Å². The summed E-state index contributed by atoms with van der Waals surface area (Å²) in [5.41, 5.74) is 0. The zero-order valence-corrected chi connectivity index (χ0v) is 8.01. The van der Waals surface area contributed by atoms with Crippen LogP contribution in [0.15, 0.2) is 10.8 Å². The molecule has 84 valence electrons. The number of aliphatic carboxylic acids is 1. The molecule has 0 aromatic rings. The van der Waals surface area contributed by atoms with E-state index in [1.165, 1.54) is 0 Å². The fraction of sp³-hybridized carbons (Fsp3) is 0.333. The van der Waals surface area contributed by atoms with Crippen LogP contribution in [0.1, 0.15) is 6.92 Å². The lowest BCUT2D eigenvalue weighted by atomic mass is 10.6. The van der Waals surface area contributed by atoms with E-state index >= 15 is 0 Å². The van der Waals surface area contributed by atoms with E-state index in [1.54, 1.807) is 0 Å². The van der Waals surface area contributed by atoms with Gasteiger partial charge in [-0.3, -0.25) is 0 Å². The molecule has 0 amide bonds. The van der Waals surface area contributed by atoms with Crippen LogP contribution in [-0.4, -0.2) is 24.7 Å². The minimum absolute atomic E-state index is 0.572. The van der Waals surface area contributed by atoms with Crippen LogP contribution in [0.3, 0.4) is 0 Å². The summed E-state index contributed by atoms with van der Waals surface area (Å²) >= 11 is 0. The summed E-state index contributed by atoms with van der Waals surface area (Å²) in [6, 6.07) is 0. The van der Waals surface area contributed by atoms with Gasteiger partial charge >= 0.3 is 11.2 Å². The molecule has 6 nitrogen and oxygen atoms in total. The summed E-state index contributed by atoms with van der Waals surface area (Å²) < 4.78 is 47.0. The topological polar surface area (TPSA) is 98.9 Å². The first-order valence-electron chi connectivity index (χ1n) is 3.20. The third-order valence-corrected chi connectivity index (χ3v) is 2.98. The van der Waals surface area contributed by atoms with E-state index in [-0.39, 0.29) is 0 Å². The van der Waals surface area contributed by atoms with Crippen LogP contribution in [-0.2, 0) is 14.6 Å². The van der Waals surface area contributed by atoms with Crippen LogP contribution in [0.4, 0.5) is 8.78 Å². The average molecular weight is 240 g/mol. The molecule has 0 spiro atoms. The molecule has 0 saturated carbocycles. The smallest absolute Gasteiger partial charge is 0.435 e. The molecule has 0 aliphatic rings. The van der Waals surface area contributed by atoms with Gasteiger partial charge in [0.05, 0.1) is 6.57 Å². The van der Waals surface area contributed by atoms with Crippen LogP contribution in [0.25, 0.3) is 4.85 Å². The summed E-state index contributed by atoms with van der Waals surface area (Å²) in [4.78, 5) is 12.0. The molecular weight excluding hydrogens is 236 g/mol. The molecular formula is C6H4F2NO5S-. The summed E-state index contributed by atoms with van der Waals surface area (Å²) in [5, 5.41) is 11.5. The van der Waals surface area contributed by atoms with Crippen molar-refractivity contribution in [3.63, 3.8) is 0 Å². The van der Waals surface area contributed by atoms with Crippen molar-refractivity contribution in [3.05, 3.63) is 22.2 Å². The maximum Gasteiger partial charge on any atom is 0.435 e. The van der Waals surface area contributed by atoms with Gasteiger partial charge in [-0.25, -0.2) is 18.1 Å². The Labute approximate surface area is 83.2 Å². The van der Waals surface area contributed by atoms with Crippen LogP contribution in [0, 0.1) is 6.57 Å². The molecule has 9 heteroatoms. The summed E-state index contributed by atoms with van der Waals surface area (Å²) in [6.45, 7) is 6.80. The van der Waals surface area contributed by atoms with E-state index in [9.17, 15) is 27.1 Å². The number of hydrogen-bond donors (Lipinski definition) is 1. The Morgan fingerprint density at radius 1 is 1.53 bits per heavy atom. The zero-order valence-electron chi connectivity index (χ0n) is 7.19. The number of alkyl halides is 2. The zero-order chi connectivity index (χ0) is 12.4. The highest BCUT2D eigenvalue weighted by atomic mass is 32.2. The largest absolute Gasteiger partial charge is 0.884 e. The number of carboxylic acid groups (broad SMARTS) is 1. The average Bonchev–Trinajstić information content (AvgIpc) is 2.03. The molecule has 0 aromatic carbocycles. The number of carbonyl (C=O) groups is 1. The number of allylic oxidation sites excluding steroid dienone is 1. The molecule has 0 heterocycles. The lowest BCUT2D eigenvalue weighted by Gasteiger charge is -2.14. The first kappa shape index (κ1) is 13.3. The fourth-order valence-corrected chi connectivity index (χ4v) is 1.54. The lowest BCUT2D eigenvalue weighted by Crippen LogP contribution is -2.38. The van der Waals surface area contributed by atoms with Crippen molar-refractivity contribution in [2.24, 2.45) is 0 Å². The van der Waals surface area contributed by atoms with Gasteiger partial charge in [-0.05, 0) is 0 Å². The Bertz CT molecular complexity index is 454. The third kappa shape index (κ3) is 2.04. The fourth-order valence-electron chi connectivity index (χ4n) is 0.564. The van der Waals surface area contributed by atoms with E-state index in [1.807, 2.05) is 0 Å². The standard InChI is InChI=1S/C6H5F2NO5S/c1-3(10)4(9-2)15(13,14)6(7,8)5(11)12/h10H,1H3,(H,11,12)/p-1/b4-3-. The number of rotatable bonds is 3. The van der Waals surface area contributed by atoms with Gasteiger partial charge in [-0.1, -0.05) is 6.92 Å². The van der Waals surface area contributed by atoms with Crippen molar-refractivity contribution >= 4 is 15.8 Å². The number of sulfone groups is 1. The van der Waals surface area contributed by atoms with Crippen molar-refractivity contribution in [2.45, 2.75) is 12.2 Å². The molecule has 0 unspecified atom stereocenters. The molecule has 15 heavy (non-hydrogen) atoms. The van der Waals surface area contributed by atoms with Gasteiger partial charge in [-0.15, -0.1) is 5.76 Å². The predicted molar refractivity (Wildman–Crippen MR) is 40.8 cm³/mol. The SMILES string of the molecule is [C-]#[N+]/C(=C(\C)[O-])S(=O)(=O)C(F)(F)C(=O)O. The van der Waals surface area contributed by atoms with Gasteiger partial charge < -0.3 is 10.2 Å². The van der Waals surface area contributed by atoms with E-state index in [4.69, 9.17) is 11.7 Å². The first-order chi connectivity index (χ1) is 6.59. The summed E-state index contributed by atoms with van der Waals surface area (Å²) in [5.74, 6) is -4.38. The van der Waals surface area contributed by atoms with E-state index in [0.717, 1.165) is 0 Å². The molecule has 0 atom stereocenters. The van der Waals surface area contributed by atoms with Crippen molar-refractivity contribution in [1.82, 2.24) is 0 Å². The second kappa shape index (κ2) is 3.82. The Kier molecular flexibility index (Phi) is 3.39. The molecule has 0 saturated heterocycles. The Morgan fingerprint density at radius 2 is 1.93 bits per heavy atom. The monoisotopic (exact) mass is 240 g/mol. The Hall–Kier alpha value is -1.69. The highest BCUT2D eigenvalue weighted by Crippen LogP contribution is 2.29. The third-order valence-electron chi connectivity index (χ3n) is 1.24. The minimum atomic E-state index is -5.77. The highest BCUT2D eigenvalue weighted by Gasteiger charge is 2.55. The maximum absolute atomic E-state index is 12.6. The van der Waals surface area contributed by atoms with Crippen molar-refractivity contribution in [3.8, 4) is 0 Å². The van der Waals surface area contributed by atoms with Crippen molar-refractivity contribution in [1.29, 1.82) is 0 Å². The molecule has 0 fully saturated rings. The number of nitrogens with zero attached hydrogens (tertiary/aromatic N) is 1. The molecule has 0 rings (SSSR count). The van der Waals surface area contributed by atoms with Crippen LogP contribution in [0.2, 0.25) is 0 Å². The summed E-state index contributed by atoms with van der Waals surface area (Å²) in [6.07, 6.45) is 0. The van der Waals surface area contributed by atoms with Gasteiger partial charge in [0.25, 0.3) is 14.9 Å². The lowest BCUT2D eigenvalue weighted by molar-refractivity contribution is -0.302. The van der Waals surface area contributed by atoms with Gasteiger partial charge in [0.2, 0.25) is 0 Å². The predicted octanol–water partition coefficient (Wildman–Crippen LogP) is -0.453. The van der Waals surface area contributed by atoms with Crippen LogP contribution >= 0.6 is 0 Å². The maximum atomic E-state index is 12.6. The number of carboxylic acids is 1.